The molecule has 0 saturated heterocycles. The van der Waals surface area contributed by atoms with Crippen LogP contribution in [0.1, 0.15) is 38.3 Å². The average Bonchev–Trinajstić information content (AvgIpc) is 2.49. The second-order valence-corrected chi connectivity index (χ2v) is 4.63. The molecule has 0 aromatic heterocycles. The van der Waals surface area contributed by atoms with Crippen molar-refractivity contribution in [2.75, 3.05) is 34.0 Å². The molecule has 1 rings (SSSR count). The molecule has 1 atom stereocenters. The van der Waals surface area contributed by atoms with Crippen LogP contribution < -0.4 is 14.8 Å². The van der Waals surface area contributed by atoms with E-state index in [1.54, 1.807) is 14.2 Å². The lowest BCUT2D eigenvalue weighted by Crippen LogP contribution is -2.22. The second-order valence-electron chi connectivity index (χ2n) is 4.63. The maximum atomic E-state index is 5.59. The molecule has 1 aromatic rings. The van der Waals surface area contributed by atoms with E-state index >= 15 is 0 Å². The Morgan fingerprint density at radius 3 is 2.40 bits per heavy atom. The second kappa shape index (κ2) is 9.61. The number of hydrogen-bond donors (Lipinski definition) is 1. The molecule has 0 aliphatic heterocycles. The highest BCUT2D eigenvalue weighted by Crippen LogP contribution is 2.30. The summed E-state index contributed by atoms with van der Waals surface area (Å²) in [6.07, 6.45) is 2.01. The van der Waals surface area contributed by atoms with Crippen molar-refractivity contribution in [2.45, 2.75) is 32.7 Å². The molecule has 20 heavy (non-hydrogen) atoms. The molecular weight excluding hydrogens is 254 g/mol. The van der Waals surface area contributed by atoms with Gasteiger partial charge in [-0.2, -0.15) is 0 Å². The lowest BCUT2D eigenvalue weighted by Gasteiger charge is -2.20. The van der Waals surface area contributed by atoms with E-state index in [-0.39, 0.29) is 6.04 Å². The largest absolute Gasteiger partial charge is 0.493 e. The summed E-state index contributed by atoms with van der Waals surface area (Å²) in [6.45, 7) is 6.74. The van der Waals surface area contributed by atoms with Crippen LogP contribution in [-0.2, 0) is 4.74 Å². The highest BCUT2D eigenvalue weighted by Gasteiger charge is 2.13. The standard InChI is InChI=1S/C16H27NO3/c1-5-10-20-11-9-14(17-6-2)13-7-8-15(18-3)16(12-13)19-4/h7-8,12,14,17H,5-6,9-11H2,1-4H3. The van der Waals surface area contributed by atoms with Gasteiger partial charge in [0.05, 0.1) is 14.2 Å². The third-order valence-corrected chi connectivity index (χ3v) is 3.16. The van der Waals surface area contributed by atoms with E-state index < -0.39 is 0 Å². The van der Waals surface area contributed by atoms with Gasteiger partial charge in [0, 0.05) is 19.3 Å². The van der Waals surface area contributed by atoms with E-state index in [0.29, 0.717) is 0 Å². The normalized spacial score (nSPS) is 12.2. The molecule has 0 aliphatic carbocycles. The van der Waals surface area contributed by atoms with Gasteiger partial charge in [0.15, 0.2) is 11.5 Å². The molecule has 0 heterocycles. The maximum absolute atomic E-state index is 5.59. The number of nitrogens with one attached hydrogen (secondary N) is 1. The fourth-order valence-corrected chi connectivity index (χ4v) is 2.15. The van der Waals surface area contributed by atoms with Crippen LogP contribution in [0.3, 0.4) is 0 Å². The van der Waals surface area contributed by atoms with E-state index in [0.717, 1.165) is 44.1 Å². The Labute approximate surface area is 122 Å². The minimum absolute atomic E-state index is 0.275. The smallest absolute Gasteiger partial charge is 0.161 e. The summed E-state index contributed by atoms with van der Waals surface area (Å²) in [5, 5.41) is 3.49. The summed E-state index contributed by atoms with van der Waals surface area (Å²) in [7, 11) is 3.31. The zero-order chi connectivity index (χ0) is 14.8. The molecule has 0 spiro atoms. The van der Waals surface area contributed by atoms with E-state index in [1.807, 2.05) is 12.1 Å². The van der Waals surface area contributed by atoms with E-state index in [4.69, 9.17) is 14.2 Å². The molecule has 1 N–H and O–H groups in total. The van der Waals surface area contributed by atoms with Crippen LogP contribution in [0.5, 0.6) is 11.5 Å². The Hall–Kier alpha value is -1.26. The van der Waals surface area contributed by atoms with Crippen molar-refractivity contribution in [3.05, 3.63) is 23.8 Å². The maximum Gasteiger partial charge on any atom is 0.161 e. The molecule has 1 unspecified atom stereocenters. The first-order valence-corrected chi connectivity index (χ1v) is 7.29. The van der Waals surface area contributed by atoms with Crippen molar-refractivity contribution in [3.8, 4) is 11.5 Å². The summed E-state index contributed by atoms with van der Waals surface area (Å²) < 4.78 is 16.2. The first-order valence-electron chi connectivity index (χ1n) is 7.29. The summed E-state index contributed by atoms with van der Waals surface area (Å²) in [5.74, 6) is 1.52. The average molecular weight is 281 g/mol. The molecule has 0 bridgehead atoms. The quantitative estimate of drug-likeness (QED) is 0.669. The third-order valence-electron chi connectivity index (χ3n) is 3.16. The predicted molar refractivity (Wildman–Crippen MR) is 81.7 cm³/mol. The van der Waals surface area contributed by atoms with Crippen molar-refractivity contribution < 1.29 is 14.2 Å². The van der Waals surface area contributed by atoms with Crippen LogP contribution in [0.15, 0.2) is 18.2 Å². The summed E-state index contributed by atoms with van der Waals surface area (Å²) in [5.41, 5.74) is 1.20. The van der Waals surface area contributed by atoms with Gasteiger partial charge < -0.3 is 19.5 Å². The third kappa shape index (κ3) is 5.02. The Balaban J connectivity index is 2.74. The molecule has 0 amide bonds. The zero-order valence-electron chi connectivity index (χ0n) is 13.1. The van der Waals surface area contributed by atoms with Gasteiger partial charge in [-0.1, -0.05) is 19.9 Å². The molecule has 0 aliphatic rings. The van der Waals surface area contributed by atoms with Gasteiger partial charge in [-0.15, -0.1) is 0 Å². The fraction of sp³-hybridized carbons (Fsp3) is 0.625. The van der Waals surface area contributed by atoms with Gasteiger partial charge >= 0.3 is 0 Å². The van der Waals surface area contributed by atoms with Gasteiger partial charge in [-0.05, 0) is 37.1 Å². The highest BCUT2D eigenvalue weighted by molar-refractivity contribution is 5.43. The fourth-order valence-electron chi connectivity index (χ4n) is 2.15. The molecule has 4 heteroatoms. The van der Waals surface area contributed by atoms with Crippen molar-refractivity contribution in [2.24, 2.45) is 0 Å². The molecule has 114 valence electrons. The van der Waals surface area contributed by atoms with Crippen LogP contribution in [0.2, 0.25) is 0 Å². The van der Waals surface area contributed by atoms with Crippen molar-refractivity contribution >= 4 is 0 Å². The van der Waals surface area contributed by atoms with Crippen LogP contribution >= 0.6 is 0 Å². The minimum Gasteiger partial charge on any atom is -0.493 e. The van der Waals surface area contributed by atoms with E-state index in [2.05, 4.69) is 25.2 Å². The van der Waals surface area contributed by atoms with Gasteiger partial charge in [-0.3, -0.25) is 0 Å². The van der Waals surface area contributed by atoms with E-state index in [9.17, 15) is 0 Å². The molecule has 0 saturated carbocycles. The zero-order valence-corrected chi connectivity index (χ0v) is 13.1. The van der Waals surface area contributed by atoms with Gasteiger partial charge in [0.25, 0.3) is 0 Å². The summed E-state index contributed by atoms with van der Waals surface area (Å²) in [4.78, 5) is 0. The van der Waals surface area contributed by atoms with Crippen molar-refractivity contribution in [1.82, 2.24) is 5.32 Å². The summed E-state index contributed by atoms with van der Waals surface area (Å²) in [6, 6.07) is 6.34. The molecule has 4 nitrogen and oxygen atoms in total. The van der Waals surface area contributed by atoms with Gasteiger partial charge in [0.1, 0.15) is 0 Å². The van der Waals surface area contributed by atoms with Crippen LogP contribution in [0.25, 0.3) is 0 Å². The van der Waals surface area contributed by atoms with Gasteiger partial charge in [-0.25, -0.2) is 0 Å². The molecule has 0 radical (unpaired) electrons. The number of ether oxygens (including phenoxy) is 3. The van der Waals surface area contributed by atoms with Crippen LogP contribution in [-0.4, -0.2) is 34.0 Å². The number of rotatable bonds is 10. The molecule has 1 aromatic carbocycles. The molecular formula is C16H27NO3. The first kappa shape index (κ1) is 16.8. The minimum atomic E-state index is 0.275. The Kier molecular flexibility index (Phi) is 8.07. The number of hydrogen-bond acceptors (Lipinski definition) is 4. The summed E-state index contributed by atoms with van der Waals surface area (Å²) >= 11 is 0. The predicted octanol–water partition coefficient (Wildman–Crippen LogP) is 3.17. The SMILES string of the molecule is CCCOCCC(NCC)c1ccc(OC)c(OC)c1. The molecule has 0 fully saturated rings. The lowest BCUT2D eigenvalue weighted by molar-refractivity contribution is 0.124. The van der Waals surface area contributed by atoms with Crippen LogP contribution in [0.4, 0.5) is 0 Å². The number of benzene rings is 1. The van der Waals surface area contributed by atoms with Crippen molar-refractivity contribution in [1.29, 1.82) is 0 Å². The van der Waals surface area contributed by atoms with E-state index in [1.165, 1.54) is 5.56 Å². The van der Waals surface area contributed by atoms with Crippen molar-refractivity contribution in [3.63, 3.8) is 0 Å². The van der Waals surface area contributed by atoms with Gasteiger partial charge in [0.2, 0.25) is 0 Å². The number of methoxy groups -OCH3 is 2. The topological polar surface area (TPSA) is 39.7 Å². The van der Waals surface area contributed by atoms with Crippen LogP contribution in [0, 0.1) is 0 Å². The first-order chi connectivity index (χ1) is 9.76. The monoisotopic (exact) mass is 281 g/mol. The Morgan fingerprint density at radius 2 is 1.80 bits per heavy atom. The Bertz CT molecular complexity index is 382. The lowest BCUT2D eigenvalue weighted by atomic mass is 10.0. The highest BCUT2D eigenvalue weighted by atomic mass is 16.5. The Morgan fingerprint density at radius 1 is 1.05 bits per heavy atom.